The molecule has 3 aromatic rings. The summed E-state index contributed by atoms with van der Waals surface area (Å²) in [5.41, 5.74) is 8.89. The number of guanidine groups is 1. The van der Waals surface area contributed by atoms with Crippen LogP contribution in [0.1, 0.15) is 22.3 Å². The molecule has 1 atom stereocenters. The second kappa shape index (κ2) is 7.27. The number of nitrogens with two attached hydrogens (primary N) is 1. The zero-order valence-electron chi connectivity index (χ0n) is 15.7. The lowest BCUT2D eigenvalue weighted by molar-refractivity contribution is -0.129. The Balaban J connectivity index is 1.73. The van der Waals surface area contributed by atoms with E-state index in [1.54, 1.807) is 13.2 Å². The van der Waals surface area contributed by atoms with Crippen LogP contribution in [-0.2, 0) is 23.2 Å². The van der Waals surface area contributed by atoms with Crippen molar-refractivity contribution in [3.8, 4) is 0 Å². The lowest BCUT2D eigenvalue weighted by Gasteiger charge is -2.26. The molecule has 0 bridgehead atoms. The van der Waals surface area contributed by atoms with Crippen molar-refractivity contribution < 1.29 is 4.79 Å². The standard InChI is InChI=1S/C23H22N4O/c1-27-21(28)23(26-22(27)24,19-9-3-2-4-10-19)20-11-5-7-17(15-20)12-13-18-8-6-14-25-16-18/h2-11,14-16H,12-13H2,1H3,(H2,24,26). The van der Waals surface area contributed by atoms with Gasteiger partial charge in [0.2, 0.25) is 0 Å². The lowest BCUT2D eigenvalue weighted by atomic mass is 9.82. The summed E-state index contributed by atoms with van der Waals surface area (Å²) in [6.45, 7) is 0. The first-order chi connectivity index (χ1) is 13.6. The first kappa shape index (κ1) is 17.9. The summed E-state index contributed by atoms with van der Waals surface area (Å²) in [4.78, 5) is 23.5. The molecule has 5 heteroatoms. The van der Waals surface area contributed by atoms with Crippen molar-refractivity contribution in [1.29, 1.82) is 0 Å². The Morgan fingerprint density at radius 3 is 2.32 bits per heavy atom. The number of hydrogen-bond acceptors (Lipinski definition) is 4. The van der Waals surface area contributed by atoms with Crippen molar-refractivity contribution in [2.24, 2.45) is 10.7 Å². The second-order valence-electron chi connectivity index (χ2n) is 6.97. The highest BCUT2D eigenvalue weighted by Crippen LogP contribution is 2.39. The smallest absolute Gasteiger partial charge is 0.266 e. The van der Waals surface area contributed by atoms with E-state index >= 15 is 0 Å². The molecule has 2 aromatic carbocycles. The summed E-state index contributed by atoms with van der Waals surface area (Å²) >= 11 is 0. The van der Waals surface area contributed by atoms with Gasteiger partial charge in [-0.1, -0.05) is 60.7 Å². The van der Waals surface area contributed by atoms with Gasteiger partial charge in [0.15, 0.2) is 11.5 Å². The van der Waals surface area contributed by atoms with Crippen molar-refractivity contribution in [3.05, 3.63) is 101 Å². The fourth-order valence-corrected chi connectivity index (χ4v) is 3.65. The van der Waals surface area contributed by atoms with Crippen LogP contribution in [0, 0.1) is 0 Å². The van der Waals surface area contributed by atoms with E-state index in [1.807, 2.05) is 54.7 Å². The van der Waals surface area contributed by atoms with Gasteiger partial charge in [-0.25, -0.2) is 4.99 Å². The van der Waals surface area contributed by atoms with Gasteiger partial charge >= 0.3 is 0 Å². The minimum atomic E-state index is -1.13. The minimum Gasteiger partial charge on any atom is -0.369 e. The van der Waals surface area contributed by atoms with Crippen LogP contribution in [0.4, 0.5) is 0 Å². The van der Waals surface area contributed by atoms with E-state index in [0.29, 0.717) is 0 Å². The molecule has 1 aliphatic heterocycles. The van der Waals surface area contributed by atoms with E-state index in [9.17, 15) is 4.79 Å². The van der Waals surface area contributed by atoms with Gasteiger partial charge in [0.1, 0.15) is 0 Å². The van der Waals surface area contributed by atoms with Crippen molar-refractivity contribution >= 4 is 11.9 Å². The highest BCUT2D eigenvalue weighted by atomic mass is 16.2. The molecule has 1 aliphatic rings. The fourth-order valence-electron chi connectivity index (χ4n) is 3.65. The maximum atomic E-state index is 13.3. The third kappa shape index (κ3) is 3.05. The average molecular weight is 370 g/mol. The number of pyridine rings is 1. The SMILES string of the molecule is CN1C(=O)C(c2ccccc2)(c2cccc(CCc3cccnc3)c2)N=C1N. The van der Waals surface area contributed by atoms with Gasteiger partial charge in [0.05, 0.1) is 0 Å². The zero-order valence-corrected chi connectivity index (χ0v) is 15.7. The van der Waals surface area contributed by atoms with Crippen LogP contribution in [0.3, 0.4) is 0 Å². The molecule has 140 valence electrons. The van der Waals surface area contributed by atoms with Crippen LogP contribution in [-0.4, -0.2) is 28.8 Å². The Kier molecular flexibility index (Phi) is 4.65. The lowest BCUT2D eigenvalue weighted by Crippen LogP contribution is -2.41. The summed E-state index contributed by atoms with van der Waals surface area (Å²) in [6.07, 6.45) is 5.40. The molecule has 0 fully saturated rings. The van der Waals surface area contributed by atoms with Crippen LogP contribution in [0.25, 0.3) is 0 Å². The van der Waals surface area contributed by atoms with Crippen molar-refractivity contribution in [2.75, 3.05) is 7.05 Å². The third-order valence-corrected chi connectivity index (χ3v) is 5.20. The molecule has 0 radical (unpaired) electrons. The van der Waals surface area contributed by atoms with Crippen molar-refractivity contribution in [3.63, 3.8) is 0 Å². The summed E-state index contributed by atoms with van der Waals surface area (Å²) in [6, 6.07) is 21.7. The molecule has 1 unspecified atom stereocenters. The van der Waals surface area contributed by atoms with Gasteiger partial charge in [-0.2, -0.15) is 0 Å². The van der Waals surface area contributed by atoms with E-state index in [-0.39, 0.29) is 11.9 Å². The van der Waals surface area contributed by atoms with E-state index in [4.69, 9.17) is 5.73 Å². The fraction of sp³-hybridized carbons (Fsp3) is 0.174. The Labute approximate surface area is 164 Å². The van der Waals surface area contributed by atoms with Crippen LogP contribution >= 0.6 is 0 Å². The second-order valence-corrected chi connectivity index (χ2v) is 6.97. The van der Waals surface area contributed by atoms with Crippen molar-refractivity contribution in [2.45, 2.75) is 18.4 Å². The Bertz CT molecular complexity index is 1020. The van der Waals surface area contributed by atoms with Gasteiger partial charge in [-0.05, 0) is 41.2 Å². The largest absolute Gasteiger partial charge is 0.369 e. The minimum absolute atomic E-state index is 0.138. The summed E-state index contributed by atoms with van der Waals surface area (Å²) in [7, 11) is 1.66. The maximum absolute atomic E-state index is 13.3. The van der Waals surface area contributed by atoms with Crippen LogP contribution in [0.15, 0.2) is 84.1 Å². The summed E-state index contributed by atoms with van der Waals surface area (Å²) in [5, 5.41) is 0. The number of carbonyl (C=O) groups excluding carboxylic acids is 1. The summed E-state index contributed by atoms with van der Waals surface area (Å²) < 4.78 is 0. The van der Waals surface area contributed by atoms with Crippen LogP contribution in [0.5, 0.6) is 0 Å². The molecule has 0 spiro atoms. The van der Waals surface area contributed by atoms with E-state index in [2.05, 4.69) is 28.2 Å². The van der Waals surface area contributed by atoms with Gasteiger partial charge in [-0.15, -0.1) is 0 Å². The Hall–Kier alpha value is -3.47. The third-order valence-electron chi connectivity index (χ3n) is 5.20. The topological polar surface area (TPSA) is 71.6 Å². The predicted molar refractivity (Wildman–Crippen MR) is 110 cm³/mol. The molecule has 4 rings (SSSR count). The number of benzene rings is 2. The van der Waals surface area contributed by atoms with Gasteiger partial charge in [0.25, 0.3) is 5.91 Å². The number of likely N-dealkylation sites (N-methyl/N-ethyl adjacent to an activating group) is 1. The van der Waals surface area contributed by atoms with Crippen LogP contribution in [0.2, 0.25) is 0 Å². The number of amides is 1. The number of carbonyl (C=O) groups is 1. The molecule has 0 saturated carbocycles. The molecule has 28 heavy (non-hydrogen) atoms. The molecule has 1 amide bonds. The monoisotopic (exact) mass is 370 g/mol. The molecule has 5 nitrogen and oxygen atoms in total. The van der Waals surface area contributed by atoms with E-state index in [0.717, 1.165) is 29.5 Å². The molecule has 1 aromatic heterocycles. The normalized spacial score (nSPS) is 19.0. The molecule has 0 saturated heterocycles. The first-order valence-corrected chi connectivity index (χ1v) is 9.28. The van der Waals surface area contributed by atoms with Gasteiger partial charge in [0, 0.05) is 19.4 Å². The number of aliphatic imine (C=N–C) groups is 1. The highest BCUT2D eigenvalue weighted by molar-refractivity contribution is 6.08. The number of rotatable bonds is 5. The number of aromatic nitrogens is 1. The van der Waals surface area contributed by atoms with Gasteiger partial charge < -0.3 is 5.73 Å². The van der Waals surface area contributed by atoms with E-state index in [1.165, 1.54) is 10.5 Å². The molecule has 2 N–H and O–H groups in total. The Morgan fingerprint density at radius 1 is 0.929 bits per heavy atom. The number of aryl methyl sites for hydroxylation is 2. The zero-order chi connectivity index (χ0) is 19.6. The molecular formula is C23H22N4O. The average Bonchev–Trinajstić information content (AvgIpc) is 2.99. The number of nitrogens with zero attached hydrogens (tertiary/aromatic N) is 3. The summed E-state index contributed by atoms with van der Waals surface area (Å²) in [5.74, 6) is 0.0928. The first-order valence-electron chi connectivity index (χ1n) is 9.28. The quantitative estimate of drug-likeness (QED) is 0.751. The molecule has 0 aliphatic carbocycles. The highest BCUT2D eigenvalue weighted by Gasteiger charge is 2.49. The Morgan fingerprint density at radius 2 is 1.64 bits per heavy atom. The molecular weight excluding hydrogens is 348 g/mol. The van der Waals surface area contributed by atoms with E-state index < -0.39 is 5.54 Å². The predicted octanol–water partition coefficient (Wildman–Crippen LogP) is 2.90. The maximum Gasteiger partial charge on any atom is 0.266 e. The van der Waals surface area contributed by atoms with Crippen LogP contribution < -0.4 is 5.73 Å². The molecule has 2 heterocycles. The van der Waals surface area contributed by atoms with Crippen molar-refractivity contribution in [1.82, 2.24) is 9.88 Å². The number of hydrogen-bond donors (Lipinski definition) is 1. The van der Waals surface area contributed by atoms with Gasteiger partial charge in [-0.3, -0.25) is 14.7 Å².